The van der Waals surface area contributed by atoms with E-state index in [4.69, 9.17) is 4.42 Å². The van der Waals surface area contributed by atoms with Crippen LogP contribution in [-0.2, 0) is 17.8 Å². The zero-order chi connectivity index (χ0) is 18.2. The quantitative estimate of drug-likeness (QED) is 0.695. The van der Waals surface area contributed by atoms with E-state index < -0.39 is 0 Å². The van der Waals surface area contributed by atoms with E-state index in [0.29, 0.717) is 12.5 Å². The van der Waals surface area contributed by atoms with Crippen LogP contribution < -0.4 is 0 Å². The van der Waals surface area contributed by atoms with Gasteiger partial charge in [0, 0.05) is 23.9 Å². The van der Waals surface area contributed by atoms with Crippen LogP contribution in [-0.4, -0.2) is 46.9 Å². The van der Waals surface area contributed by atoms with E-state index in [-0.39, 0.29) is 5.91 Å². The van der Waals surface area contributed by atoms with Crippen molar-refractivity contribution in [1.82, 2.24) is 14.8 Å². The van der Waals surface area contributed by atoms with Crippen molar-refractivity contribution in [2.24, 2.45) is 0 Å². The van der Waals surface area contributed by atoms with E-state index in [0.717, 1.165) is 62.4 Å². The number of carbonyl (C=O) groups is 1. The van der Waals surface area contributed by atoms with E-state index in [2.05, 4.69) is 21.3 Å². The van der Waals surface area contributed by atoms with Gasteiger partial charge in [-0.1, -0.05) is 12.1 Å². The lowest BCUT2D eigenvalue weighted by atomic mass is 9.97. The van der Waals surface area contributed by atoms with Crippen molar-refractivity contribution in [2.75, 3.05) is 26.2 Å². The summed E-state index contributed by atoms with van der Waals surface area (Å²) in [5, 5.41) is 2.13. The molecule has 2 aliphatic heterocycles. The monoisotopic (exact) mass is 381 g/mol. The molecule has 0 unspecified atom stereocenters. The SMILES string of the molecule is O=C(CN1CCC(c2nc3ccccc3o2)CC1)N1CCc2sccc2C1. The summed E-state index contributed by atoms with van der Waals surface area (Å²) in [6.45, 7) is 4.00. The maximum Gasteiger partial charge on any atom is 0.237 e. The standard InChI is InChI=1S/C21H23N3O2S/c25-20(24-11-7-19-16(13-24)8-12-27-19)14-23-9-5-15(6-10-23)21-22-17-3-1-2-4-18(17)26-21/h1-4,8,12,15H,5-7,9-11,13-14H2. The van der Waals surface area contributed by atoms with Crippen LogP contribution in [0.5, 0.6) is 0 Å². The molecule has 1 saturated heterocycles. The predicted molar refractivity (Wildman–Crippen MR) is 106 cm³/mol. The van der Waals surface area contributed by atoms with Gasteiger partial charge in [-0.15, -0.1) is 11.3 Å². The number of likely N-dealkylation sites (tertiary alicyclic amines) is 1. The number of thiophene rings is 1. The highest BCUT2D eigenvalue weighted by atomic mass is 32.1. The second kappa shape index (κ2) is 7.09. The number of oxazole rings is 1. The first-order valence-corrected chi connectivity index (χ1v) is 10.5. The van der Waals surface area contributed by atoms with Gasteiger partial charge in [0.2, 0.25) is 5.91 Å². The van der Waals surface area contributed by atoms with Crippen LogP contribution in [0.1, 0.15) is 35.1 Å². The van der Waals surface area contributed by atoms with Crippen LogP contribution in [0.3, 0.4) is 0 Å². The van der Waals surface area contributed by atoms with Crippen molar-refractivity contribution in [1.29, 1.82) is 0 Å². The molecule has 6 heteroatoms. The number of hydrogen-bond donors (Lipinski definition) is 0. The Bertz CT molecular complexity index is 922. The minimum Gasteiger partial charge on any atom is -0.440 e. The first-order valence-electron chi connectivity index (χ1n) is 9.67. The van der Waals surface area contributed by atoms with Gasteiger partial charge in [0.1, 0.15) is 5.52 Å². The number of rotatable bonds is 3. The Kier molecular flexibility index (Phi) is 4.45. The zero-order valence-electron chi connectivity index (χ0n) is 15.3. The summed E-state index contributed by atoms with van der Waals surface area (Å²) in [4.78, 5) is 23.1. The van der Waals surface area contributed by atoms with Gasteiger partial charge in [0.05, 0.1) is 6.54 Å². The van der Waals surface area contributed by atoms with Crippen LogP contribution in [0, 0.1) is 0 Å². The molecule has 0 saturated carbocycles. The summed E-state index contributed by atoms with van der Waals surface area (Å²) >= 11 is 1.81. The lowest BCUT2D eigenvalue weighted by Gasteiger charge is -2.33. The second-order valence-corrected chi connectivity index (χ2v) is 8.51. The van der Waals surface area contributed by atoms with E-state index in [9.17, 15) is 4.79 Å². The van der Waals surface area contributed by atoms with E-state index in [1.165, 1.54) is 10.4 Å². The molecule has 3 aromatic rings. The molecule has 140 valence electrons. The molecule has 5 rings (SSSR count). The average molecular weight is 382 g/mol. The van der Waals surface area contributed by atoms with Gasteiger partial charge in [-0.05, 0) is 61.5 Å². The predicted octanol–water partition coefficient (Wildman–Crippen LogP) is 3.65. The van der Waals surface area contributed by atoms with Crippen molar-refractivity contribution >= 4 is 28.3 Å². The molecule has 0 bridgehead atoms. The van der Waals surface area contributed by atoms with Gasteiger partial charge in [-0.25, -0.2) is 4.98 Å². The van der Waals surface area contributed by atoms with E-state index in [1.54, 1.807) is 0 Å². The summed E-state index contributed by atoms with van der Waals surface area (Å²) in [5.41, 5.74) is 3.13. The van der Waals surface area contributed by atoms with E-state index in [1.807, 2.05) is 40.5 Å². The lowest BCUT2D eigenvalue weighted by Crippen LogP contribution is -2.44. The summed E-state index contributed by atoms with van der Waals surface area (Å²) < 4.78 is 5.94. The number of hydrogen-bond acceptors (Lipinski definition) is 5. The molecular weight excluding hydrogens is 358 g/mol. The Morgan fingerprint density at radius 3 is 2.89 bits per heavy atom. The third kappa shape index (κ3) is 3.39. The molecule has 0 atom stereocenters. The fraction of sp³-hybridized carbons (Fsp3) is 0.429. The lowest BCUT2D eigenvalue weighted by molar-refractivity contribution is -0.133. The van der Waals surface area contributed by atoms with Gasteiger partial charge in [-0.2, -0.15) is 0 Å². The molecule has 0 radical (unpaired) electrons. The van der Waals surface area contributed by atoms with Crippen LogP contribution in [0.25, 0.3) is 11.1 Å². The van der Waals surface area contributed by atoms with Crippen molar-refractivity contribution in [3.05, 3.63) is 52.0 Å². The molecule has 2 aliphatic rings. The summed E-state index contributed by atoms with van der Waals surface area (Å²) in [7, 11) is 0. The number of aromatic nitrogens is 1. The van der Waals surface area contributed by atoms with Gasteiger partial charge >= 0.3 is 0 Å². The second-order valence-electron chi connectivity index (χ2n) is 7.50. The molecule has 27 heavy (non-hydrogen) atoms. The number of fused-ring (bicyclic) bond motifs is 2. The van der Waals surface area contributed by atoms with Gasteiger partial charge < -0.3 is 9.32 Å². The third-order valence-corrected chi connectivity index (χ3v) is 6.79. The molecule has 1 aromatic carbocycles. The number of carbonyl (C=O) groups excluding carboxylic acids is 1. The molecule has 1 amide bonds. The molecule has 1 fully saturated rings. The summed E-state index contributed by atoms with van der Waals surface area (Å²) in [6.07, 6.45) is 2.99. The Balaban J connectivity index is 1.17. The maximum absolute atomic E-state index is 12.7. The Morgan fingerprint density at radius 2 is 2.04 bits per heavy atom. The fourth-order valence-electron chi connectivity index (χ4n) is 4.16. The topological polar surface area (TPSA) is 49.6 Å². The number of nitrogens with zero attached hydrogens (tertiary/aromatic N) is 3. The molecular formula is C21H23N3O2S. The number of piperidine rings is 1. The Labute approximate surface area is 162 Å². The zero-order valence-corrected chi connectivity index (χ0v) is 16.1. The highest BCUT2D eigenvalue weighted by molar-refractivity contribution is 7.10. The minimum atomic E-state index is 0.257. The van der Waals surface area contributed by atoms with Crippen LogP contribution in [0.15, 0.2) is 40.1 Å². The Morgan fingerprint density at radius 1 is 1.19 bits per heavy atom. The highest BCUT2D eigenvalue weighted by Gasteiger charge is 2.28. The van der Waals surface area contributed by atoms with Crippen molar-refractivity contribution in [3.8, 4) is 0 Å². The van der Waals surface area contributed by atoms with Gasteiger partial charge in [-0.3, -0.25) is 9.69 Å². The van der Waals surface area contributed by atoms with Crippen molar-refractivity contribution in [3.63, 3.8) is 0 Å². The molecule has 0 N–H and O–H groups in total. The molecule has 5 nitrogen and oxygen atoms in total. The first-order chi connectivity index (χ1) is 13.3. The van der Waals surface area contributed by atoms with Crippen LogP contribution >= 0.6 is 11.3 Å². The largest absolute Gasteiger partial charge is 0.440 e. The average Bonchev–Trinajstić information content (AvgIpc) is 3.34. The van der Waals surface area contributed by atoms with E-state index >= 15 is 0 Å². The van der Waals surface area contributed by atoms with Crippen LogP contribution in [0.2, 0.25) is 0 Å². The fourth-order valence-corrected chi connectivity index (χ4v) is 5.04. The molecule has 2 aromatic heterocycles. The van der Waals surface area contributed by atoms with Crippen molar-refractivity contribution in [2.45, 2.75) is 31.7 Å². The summed E-state index contributed by atoms with van der Waals surface area (Å²) in [6, 6.07) is 10.1. The minimum absolute atomic E-state index is 0.257. The van der Waals surface area contributed by atoms with Crippen molar-refractivity contribution < 1.29 is 9.21 Å². The van der Waals surface area contributed by atoms with Crippen LogP contribution in [0.4, 0.5) is 0 Å². The first kappa shape index (κ1) is 17.0. The summed E-state index contributed by atoms with van der Waals surface area (Å²) in [5.74, 6) is 1.46. The number of amides is 1. The highest BCUT2D eigenvalue weighted by Crippen LogP contribution is 2.30. The number of benzene rings is 1. The smallest absolute Gasteiger partial charge is 0.237 e. The third-order valence-electron chi connectivity index (χ3n) is 5.77. The molecule has 4 heterocycles. The molecule has 0 aliphatic carbocycles. The van der Waals surface area contributed by atoms with Gasteiger partial charge in [0.15, 0.2) is 11.5 Å². The maximum atomic E-state index is 12.7. The Hall–Kier alpha value is -2.18. The number of para-hydroxylation sites is 2. The van der Waals surface area contributed by atoms with Gasteiger partial charge in [0.25, 0.3) is 0 Å². The molecule has 0 spiro atoms. The normalized spacial score (nSPS) is 18.7.